The number of ether oxygens (including phenoxy) is 1. The lowest BCUT2D eigenvalue weighted by molar-refractivity contribution is -0.385. The van der Waals surface area contributed by atoms with E-state index in [1.54, 1.807) is 40.9 Å². The SMILES string of the molecule is O=C(Oc1ccc(-c2cn3cc([N+](=O)[O-])ccc3n2)cc1)c1ccc([N+](=O)[O-])cc1. The van der Waals surface area contributed by atoms with Crippen molar-refractivity contribution in [2.45, 2.75) is 0 Å². The maximum absolute atomic E-state index is 12.2. The van der Waals surface area contributed by atoms with E-state index in [4.69, 9.17) is 4.74 Å². The van der Waals surface area contributed by atoms with Crippen LogP contribution < -0.4 is 4.74 Å². The first-order chi connectivity index (χ1) is 14.4. The second-order valence-electron chi connectivity index (χ2n) is 6.25. The zero-order valence-electron chi connectivity index (χ0n) is 15.2. The maximum Gasteiger partial charge on any atom is 0.343 e. The number of nitro groups is 2. The molecule has 4 rings (SSSR count). The zero-order valence-corrected chi connectivity index (χ0v) is 15.2. The van der Waals surface area contributed by atoms with Crippen LogP contribution in [0.5, 0.6) is 5.75 Å². The lowest BCUT2D eigenvalue weighted by atomic mass is 10.1. The molecular formula is C20H12N4O6. The van der Waals surface area contributed by atoms with Gasteiger partial charge in [0.1, 0.15) is 11.4 Å². The number of nitrogens with zero attached hydrogens (tertiary/aromatic N) is 4. The fourth-order valence-corrected chi connectivity index (χ4v) is 2.81. The van der Waals surface area contributed by atoms with Gasteiger partial charge in [-0.15, -0.1) is 0 Å². The second kappa shape index (κ2) is 7.43. The summed E-state index contributed by atoms with van der Waals surface area (Å²) in [5, 5.41) is 21.6. The molecule has 0 saturated heterocycles. The molecule has 148 valence electrons. The molecule has 10 heteroatoms. The van der Waals surface area contributed by atoms with Crippen LogP contribution in [0.25, 0.3) is 16.9 Å². The molecule has 0 N–H and O–H groups in total. The molecular weight excluding hydrogens is 392 g/mol. The number of pyridine rings is 1. The highest BCUT2D eigenvalue weighted by Gasteiger charge is 2.13. The van der Waals surface area contributed by atoms with Crippen LogP contribution in [0.4, 0.5) is 11.4 Å². The molecule has 0 aliphatic rings. The van der Waals surface area contributed by atoms with E-state index >= 15 is 0 Å². The molecule has 2 heterocycles. The van der Waals surface area contributed by atoms with Crippen LogP contribution in [0.1, 0.15) is 10.4 Å². The van der Waals surface area contributed by atoms with Crippen LogP contribution in [0, 0.1) is 20.2 Å². The van der Waals surface area contributed by atoms with Gasteiger partial charge in [0, 0.05) is 30.0 Å². The number of hydrogen-bond acceptors (Lipinski definition) is 7. The van der Waals surface area contributed by atoms with Gasteiger partial charge < -0.3 is 4.74 Å². The van der Waals surface area contributed by atoms with E-state index < -0.39 is 15.8 Å². The molecule has 4 aromatic rings. The van der Waals surface area contributed by atoms with Gasteiger partial charge in [0.2, 0.25) is 0 Å². The van der Waals surface area contributed by atoms with Crippen molar-refractivity contribution in [2.24, 2.45) is 0 Å². The Morgan fingerprint density at radius 3 is 2.10 bits per heavy atom. The second-order valence-corrected chi connectivity index (χ2v) is 6.25. The third-order valence-electron chi connectivity index (χ3n) is 4.32. The Bertz CT molecular complexity index is 1280. The fourth-order valence-electron chi connectivity index (χ4n) is 2.81. The van der Waals surface area contributed by atoms with E-state index in [0.29, 0.717) is 17.1 Å². The van der Waals surface area contributed by atoms with Gasteiger partial charge in [0.25, 0.3) is 11.4 Å². The summed E-state index contributed by atoms with van der Waals surface area (Å²) >= 11 is 0. The Hall–Kier alpha value is -4.60. The quantitative estimate of drug-likeness (QED) is 0.212. The summed E-state index contributed by atoms with van der Waals surface area (Å²) in [6.45, 7) is 0. The minimum absolute atomic E-state index is 0.0417. The number of benzene rings is 2. The van der Waals surface area contributed by atoms with Crippen LogP contribution in [-0.4, -0.2) is 25.2 Å². The molecule has 0 amide bonds. The van der Waals surface area contributed by atoms with Gasteiger partial charge in [0.05, 0.1) is 27.3 Å². The molecule has 0 bridgehead atoms. The van der Waals surface area contributed by atoms with Gasteiger partial charge in [-0.05, 0) is 42.5 Å². The number of esters is 1. The summed E-state index contributed by atoms with van der Waals surface area (Å²) in [6.07, 6.45) is 3.05. The molecule has 10 nitrogen and oxygen atoms in total. The lowest BCUT2D eigenvalue weighted by Crippen LogP contribution is -2.08. The van der Waals surface area contributed by atoms with E-state index in [0.717, 1.165) is 5.56 Å². The third-order valence-corrected chi connectivity index (χ3v) is 4.32. The van der Waals surface area contributed by atoms with Crippen molar-refractivity contribution in [3.63, 3.8) is 0 Å². The van der Waals surface area contributed by atoms with Gasteiger partial charge in [-0.2, -0.15) is 0 Å². The highest BCUT2D eigenvalue weighted by molar-refractivity contribution is 5.91. The summed E-state index contributed by atoms with van der Waals surface area (Å²) in [4.78, 5) is 37.2. The number of fused-ring (bicyclic) bond motifs is 1. The Morgan fingerprint density at radius 2 is 1.47 bits per heavy atom. The molecule has 0 unspecified atom stereocenters. The number of hydrogen-bond donors (Lipinski definition) is 0. The average molecular weight is 404 g/mol. The minimum atomic E-state index is -0.641. The first kappa shape index (κ1) is 18.7. The number of nitro benzene ring substituents is 1. The topological polar surface area (TPSA) is 130 Å². The van der Waals surface area contributed by atoms with Crippen molar-refractivity contribution in [1.82, 2.24) is 9.38 Å². The highest BCUT2D eigenvalue weighted by Crippen LogP contribution is 2.24. The normalized spacial score (nSPS) is 10.7. The molecule has 0 aliphatic carbocycles. The number of rotatable bonds is 5. The summed E-state index contributed by atoms with van der Waals surface area (Å²) < 4.78 is 6.85. The van der Waals surface area contributed by atoms with Crippen LogP contribution in [-0.2, 0) is 0 Å². The van der Waals surface area contributed by atoms with E-state index in [1.165, 1.54) is 36.5 Å². The monoisotopic (exact) mass is 404 g/mol. The summed E-state index contributed by atoms with van der Waals surface area (Å²) in [6, 6.07) is 14.6. The predicted octanol–water partition coefficient (Wildman–Crippen LogP) is 4.04. The standard InChI is InChI=1S/C20H12N4O6/c25-20(14-1-5-15(6-2-14)23(26)27)30-17-8-3-13(4-9-17)18-12-22-11-16(24(28)29)7-10-19(22)21-18/h1-12H. The summed E-state index contributed by atoms with van der Waals surface area (Å²) in [7, 11) is 0. The van der Waals surface area contributed by atoms with Crippen molar-refractivity contribution in [3.05, 3.63) is 98.8 Å². The van der Waals surface area contributed by atoms with Crippen molar-refractivity contribution in [1.29, 1.82) is 0 Å². The number of carbonyl (C=O) groups excluding carboxylic acids is 1. The average Bonchev–Trinajstić information content (AvgIpc) is 3.17. The summed E-state index contributed by atoms with van der Waals surface area (Å²) in [5.74, 6) is -0.348. The Balaban J connectivity index is 1.51. The van der Waals surface area contributed by atoms with E-state index in [1.807, 2.05) is 0 Å². The number of non-ortho nitro benzene ring substituents is 1. The molecule has 30 heavy (non-hydrogen) atoms. The highest BCUT2D eigenvalue weighted by atomic mass is 16.6. The van der Waals surface area contributed by atoms with Crippen molar-refractivity contribution in [2.75, 3.05) is 0 Å². The molecule has 0 aliphatic heterocycles. The Kier molecular flexibility index (Phi) is 4.64. The Morgan fingerprint density at radius 1 is 0.833 bits per heavy atom. The molecule has 2 aromatic heterocycles. The smallest absolute Gasteiger partial charge is 0.343 e. The van der Waals surface area contributed by atoms with Crippen LogP contribution >= 0.6 is 0 Å². The largest absolute Gasteiger partial charge is 0.423 e. The molecule has 2 aromatic carbocycles. The van der Waals surface area contributed by atoms with Gasteiger partial charge in [0.15, 0.2) is 0 Å². The van der Waals surface area contributed by atoms with E-state index in [2.05, 4.69) is 4.98 Å². The molecule has 0 fully saturated rings. The molecule has 0 atom stereocenters. The number of imidazole rings is 1. The lowest BCUT2D eigenvalue weighted by Gasteiger charge is -2.05. The van der Waals surface area contributed by atoms with Gasteiger partial charge in [-0.1, -0.05) is 0 Å². The van der Waals surface area contributed by atoms with Crippen molar-refractivity contribution >= 4 is 23.0 Å². The van der Waals surface area contributed by atoms with Gasteiger partial charge >= 0.3 is 5.97 Å². The van der Waals surface area contributed by atoms with Gasteiger partial charge in [-0.25, -0.2) is 9.78 Å². The summed E-state index contributed by atoms with van der Waals surface area (Å²) in [5.41, 5.74) is 1.92. The first-order valence-electron chi connectivity index (χ1n) is 8.61. The van der Waals surface area contributed by atoms with Crippen LogP contribution in [0.15, 0.2) is 73.1 Å². The fraction of sp³-hybridized carbons (Fsp3) is 0. The van der Waals surface area contributed by atoms with Gasteiger partial charge in [-0.3, -0.25) is 24.6 Å². The predicted molar refractivity (Wildman–Crippen MR) is 105 cm³/mol. The Labute approximate surface area is 168 Å². The molecule has 0 spiro atoms. The third kappa shape index (κ3) is 3.69. The number of aromatic nitrogens is 2. The number of carbonyl (C=O) groups is 1. The zero-order chi connectivity index (χ0) is 21.3. The first-order valence-corrected chi connectivity index (χ1v) is 8.61. The van der Waals surface area contributed by atoms with Crippen molar-refractivity contribution < 1.29 is 19.4 Å². The van der Waals surface area contributed by atoms with E-state index in [9.17, 15) is 25.0 Å². The molecule has 0 saturated carbocycles. The van der Waals surface area contributed by atoms with E-state index in [-0.39, 0.29) is 16.9 Å². The van der Waals surface area contributed by atoms with Crippen molar-refractivity contribution in [3.8, 4) is 17.0 Å². The van der Waals surface area contributed by atoms with Crippen LogP contribution in [0.2, 0.25) is 0 Å². The maximum atomic E-state index is 12.2. The van der Waals surface area contributed by atoms with Crippen LogP contribution in [0.3, 0.4) is 0 Å². The minimum Gasteiger partial charge on any atom is -0.423 e. The molecule has 0 radical (unpaired) electrons.